The smallest absolute Gasteiger partial charge is 0.140 e. The molecule has 0 radical (unpaired) electrons. The van der Waals surface area contributed by atoms with Crippen molar-refractivity contribution < 1.29 is 0 Å². The minimum absolute atomic E-state index is 0.679. The van der Waals surface area contributed by atoms with Gasteiger partial charge in [-0.05, 0) is 66.7 Å². The molecule has 2 aromatic carbocycles. The molecule has 5 rings (SSSR count). The Labute approximate surface area is 153 Å². The second-order valence-corrected chi connectivity index (χ2v) is 7.68. The van der Waals surface area contributed by atoms with Crippen LogP contribution in [0.25, 0.3) is 28.2 Å². The lowest BCUT2D eigenvalue weighted by Crippen LogP contribution is -2.01. The van der Waals surface area contributed by atoms with Crippen LogP contribution in [0.1, 0.15) is 30.7 Å². The SMILES string of the molecule is C=C1C(=Cc2nc(-c3ccc4ccccc4c3N)[nH]c2C)C2CCC1C2. The minimum Gasteiger partial charge on any atom is -0.398 e. The van der Waals surface area contributed by atoms with Crippen molar-refractivity contribution >= 4 is 22.5 Å². The quantitative estimate of drug-likeness (QED) is 0.606. The first-order valence-electron chi connectivity index (χ1n) is 9.37. The van der Waals surface area contributed by atoms with Gasteiger partial charge in [0.2, 0.25) is 0 Å². The van der Waals surface area contributed by atoms with Crippen LogP contribution in [-0.4, -0.2) is 9.97 Å². The van der Waals surface area contributed by atoms with Crippen LogP contribution in [0.4, 0.5) is 5.69 Å². The number of nitrogen functional groups attached to an aromatic ring is 1. The number of rotatable bonds is 2. The van der Waals surface area contributed by atoms with E-state index >= 15 is 0 Å². The topological polar surface area (TPSA) is 54.7 Å². The zero-order chi connectivity index (χ0) is 17.8. The molecule has 2 aliphatic rings. The highest BCUT2D eigenvalue weighted by Crippen LogP contribution is 2.51. The van der Waals surface area contributed by atoms with Crippen LogP contribution >= 0.6 is 0 Å². The minimum atomic E-state index is 0.679. The van der Waals surface area contributed by atoms with Gasteiger partial charge in [0.05, 0.1) is 11.4 Å². The third-order valence-corrected chi connectivity index (χ3v) is 6.18. The van der Waals surface area contributed by atoms with Gasteiger partial charge in [0.1, 0.15) is 5.82 Å². The second kappa shape index (κ2) is 5.60. The number of aryl methyl sites for hydroxylation is 1. The molecule has 2 aliphatic carbocycles. The van der Waals surface area contributed by atoms with Crippen molar-refractivity contribution in [3.05, 3.63) is 65.5 Å². The highest BCUT2D eigenvalue weighted by molar-refractivity contribution is 5.99. The molecular formula is C23H23N3. The second-order valence-electron chi connectivity index (χ2n) is 7.68. The van der Waals surface area contributed by atoms with E-state index in [0.717, 1.165) is 39.2 Å². The number of hydrogen-bond acceptors (Lipinski definition) is 2. The zero-order valence-corrected chi connectivity index (χ0v) is 15.0. The molecule has 0 amide bonds. The van der Waals surface area contributed by atoms with E-state index in [4.69, 9.17) is 10.7 Å². The van der Waals surface area contributed by atoms with Crippen LogP contribution in [0.15, 0.2) is 54.1 Å². The molecule has 3 heteroatoms. The van der Waals surface area contributed by atoms with Crippen LogP contribution < -0.4 is 5.73 Å². The largest absolute Gasteiger partial charge is 0.398 e. The fourth-order valence-electron chi connectivity index (χ4n) is 4.68. The number of nitrogens with zero attached hydrogens (tertiary/aromatic N) is 1. The van der Waals surface area contributed by atoms with Crippen LogP contribution in [0.3, 0.4) is 0 Å². The standard InChI is InChI=1S/C23H23N3/c1-13-16-7-8-17(11-16)20(13)12-21-14(2)25-23(26-21)19-10-9-15-5-3-4-6-18(15)22(19)24/h3-6,9-10,12,16-17H,1,7-8,11,24H2,2H3,(H,25,26). The van der Waals surface area contributed by atoms with E-state index in [-0.39, 0.29) is 0 Å². The zero-order valence-electron chi connectivity index (χ0n) is 15.0. The van der Waals surface area contributed by atoms with Gasteiger partial charge in [-0.1, -0.05) is 36.9 Å². The molecule has 0 spiro atoms. The Morgan fingerprint density at radius 2 is 1.96 bits per heavy atom. The number of benzene rings is 2. The van der Waals surface area contributed by atoms with E-state index in [1.165, 1.54) is 30.4 Å². The first kappa shape index (κ1) is 15.4. The Kier molecular flexibility index (Phi) is 3.33. The van der Waals surface area contributed by atoms with Gasteiger partial charge in [0.25, 0.3) is 0 Å². The fraction of sp³-hybridized carbons (Fsp3) is 0.261. The van der Waals surface area contributed by atoms with E-state index in [2.05, 4.69) is 48.8 Å². The number of anilines is 1. The number of allylic oxidation sites excluding steroid dienone is 2. The summed E-state index contributed by atoms with van der Waals surface area (Å²) in [5, 5.41) is 2.22. The number of nitrogens with one attached hydrogen (secondary N) is 1. The van der Waals surface area contributed by atoms with Crippen molar-refractivity contribution in [3.8, 4) is 11.4 Å². The van der Waals surface area contributed by atoms with Gasteiger partial charge in [0.15, 0.2) is 0 Å². The molecule has 26 heavy (non-hydrogen) atoms. The predicted molar refractivity (Wildman–Crippen MR) is 109 cm³/mol. The molecule has 1 heterocycles. The molecule has 2 atom stereocenters. The first-order chi connectivity index (χ1) is 12.6. The number of fused-ring (bicyclic) bond motifs is 3. The van der Waals surface area contributed by atoms with Gasteiger partial charge in [-0.3, -0.25) is 0 Å². The summed E-state index contributed by atoms with van der Waals surface area (Å²) in [4.78, 5) is 8.31. The van der Waals surface area contributed by atoms with Gasteiger partial charge in [-0.15, -0.1) is 0 Å². The highest BCUT2D eigenvalue weighted by atomic mass is 14.9. The predicted octanol–water partition coefficient (Wildman–Crippen LogP) is 5.49. The first-order valence-corrected chi connectivity index (χ1v) is 9.37. The molecule has 3 N–H and O–H groups in total. The lowest BCUT2D eigenvalue weighted by molar-refractivity contribution is 0.659. The Morgan fingerprint density at radius 1 is 1.15 bits per heavy atom. The van der Waals surface area contributed by atoms with Crippen molar-refractivity contribution in [3.63, 3.8) is 0 Å². The average molecular weight is 341 g/mol. The number of imidazole rings is 1. The van der Waals surface area contributed by atoms with E-state index in [9.17, 15) is 0 Å². The molecule has 3 nitrogen and oxygen atoms in total. The van der Waals surface area contributed by atoms with Gasteiger partial charge >= 0.3 is 0 Å². The molecule has 2 bridgehead atoms. The summed E-state index contributed by atoms with van der Waals surface area (Å²) in [5.41, 5.74) is 13.0. The summed E-state index contributed by atoms with van der Waals surface area (Å²) in [7, 11) is 0. The number of aromatic amines is 1. The van der Waals surface area contributed by atoms with Crippen LogP contribution in [0.2, 0.25) is 0 Å². The summed E-state index contributed by atoms with van der Waals surface area (Å²) in [6.07, 6.45) is 6.13. The Morgan fingerprint density at radius 3 is 2.77 bits per heavy atom. The summed E-state index contributed by atoms with van der Waals surface area (Å²) < 4.78 is 0. The molecule has 2 unspecified atom stereocenters. The van der Waals surface area contributed by atoms with Crippen LogP contribution in [-0.2, 0) is 0 Å². The molecule has 0 aliphatic heterocycles. The van der Waals surface area contributed by atoms with E-state index in [1.807, 2.05) is 12.1 Å². The maximum absolute atomic E-state index is 6.46. The summed E-state index contributed by atoms with van der Waals surface area (Å²) in [5.74, 6) is 2.21. The van der Waals surface area contributed by atoms with Crippen molar-refractivity contribution in [2.24, 2.45) is 11.8 Å². The van der Waals surface area contributed by atoms with Crippen molar-refractivity contribution in [1.29, 1.82) is 0 Å². The van der Waals surface area contributed by atoms with Crippen molar-refractivity contribution in [2.75, 3.05) is 5.73 Å². The Balaban J connectivity index is 1.58. The van der Waals surface area contributed by atoms with Gasteiger partial charge < -0.3 is 10.7 Å². The molecule has 2 fully saturated rings. The number of aromatic nitrogens is 2. The lowest BCUT2D eigenvalue weighted by Gasteiger charge is -2.15. The highest BCUT2D eigenvalue weighted by Gasteiger charge is 2.38. The fourth-order valence-corrected chi connectivity index (χ4v) is 4.68. The summed E-state index contributed by atoms with van der Waals surface area (Å²) in [6.45, 7) is 6.41. The number of H-pyrrole nitrogens is 1. The molecule has 1 aromatic heterocycles. The third-order valence-electron chi connectivity index (χ3n) is 6.18. The van der Waals surface area contributed by atoms with Gasteiger partial charge in [-0.25, -0.2) is 4.98 Å². The molecule has 130 valence electrons. The third kappa shape index (κ3) is 2.23. The molecular weight excluding hydrogens is 318 g/mol. The normalized spacial score (nSPS) is 23.4. The number of nitrogens with two attached hydrogens (primary N) is 1. The maximum Gasteiger partial charge on any atom is 0.140 e. The molecule has 3 aromatic rings. The number of hydrogen-bond donors (Lipinski definition) is 2. The Bertz CT molecular complexity index is 1070. The van der Waals surface area contributed by atoms with Gasteiger partial charge in [0, 0.05) is 16.6 Å². The van der Waals surface area contributed by atoms with E-state index in [0.29, 0.717) is 11.8 Å². The van der Waals surface area contributed by atoms with Crippen LogP contribution in [0, 0.1) is 18.8 Å². The van der Waals surface area contributed by atoms with E-state index < -0.39 is 0 Å². The van der Waals surface area contributed by atoms with Crippen molar-refractivity contribution in [1.82, 2.24) is 9.97 Å². The Hall–Kier alpha value is -2.81. The monoisotopic (exact) mass is 341 g/mol. The maximum atomic E-state index is 6.46. The average Bonchev–Trinajstić information content (AvgIpc) is 3.33. The molecule has 2 saturated carbocycles. The van der Waals surface area contributed by atoms with Gasteiger partial charge in [-0.2, -0.15) is 0 Å². The van der Waals surface area contributed by atoms with E-state index in [1.54, 1.807) is 0 Å². The lowest BCUT2D eigenvalue weighted by atomic mass is 9.90. The summed E-state index contributed by atoms with van der Waals surface area (Å²) in [6, 6.07) is 12.4. The van der Waals surface area contributed by atoms with Crippen molar-refractivity contribution in [2.45, 2.75) is 26.2 Å². The van der Waals surface area contributed by atoms with Crippen LogP contribution in [0.5, 0.6) is 0 Å². The summed E-state index contributed by atoms with van der Waals surface area (Å²) >= 11 is 0. The molecule has 0 saturated heterocycles.